The molecule has 2 aromatic rings. The summed E-state index contributed by atoms with van der Waals surface area (Å²) in [5.74, 6) is -1.03. The van der Waals surface area contributed by atoms with E-state index in [1.54, 1.807) is 24.3 Å². The lowest BCUT2D eigenvalue weighted by atomic mass is 10.1. The number of benzene rings is 2. The van der Waals surface area contributed by atoms with Crippen molar-refractivity contribution >= 4 is 40.8 Å². The summed E-state index contributed by atoms with van der Waals surface area (Å²) in [6.45, 7) is 1.49. The highest BCUT2D eigenvalue weighted by molar-refractivity contribution is 6.31. The van der Waals surface area contributed by atoms with Crippen LogP contribution in [0.25, 0.3) is 0 Å². The number of carbonyl (C=O) groups is 2. The molecule has 2 aromatic carbocycles. The normalized spacial score (nSPS) is 11.7. The Morgan fingerprint density at radius 2 is 1.70 bits per heavy atom. The number of anilines is 1. The molecule has 0 aromatic heterocycles. The third kappa shape index (κ3) is 4.69. The molecule has 0 saturated carbocycles. The highest BCUT2D eigenvalue weighted by Gasteiger charge is 2.18. The summed E-state index contributed by atoms with van der Waals surface area (Å²) in [7, 11) is 0. The lowest BCUT2D eigenvalue weighted by Gasteiger charge is -2.12. The smallest absolute Gasteiger partial charge is 0.328 e. The Morgan fingerprint density at radius 3 is 2.30 bits per heavy atom. The van der Waals surface area contributed by atoms with Gasteiger partial charge in [0, 0.05) is 15.7 Å². The Balaban J connectivity index is 2.26. The van der Waals surface area contributed by atoms with Gasteiger partial charge in [0.1, 0.15) is 11.8 Å². The largest absolute Gasteiger partial charge is 0.425 e. The van der Waals surface area contributed by atoms with Crippen molar-refractivity contribution in [3.63, 3.8) is 0 Å². The van der Waals surface area contributed by atoms with Crippen LogP contribution in [0.5, 0.6) is 5.75 Å². The molecule has 7 heteroatoms. The van der Waals surface area contributed by atoms with E-state index in [-0.39, 0.29) is 11.3 Å². The second kappa shape index (κ2) is 7.46. The van der Waals surface area contributed by atoms with Gasteiger partial charge in [0.05, 0.1) is 5.56 Å². The summed E-state index contributed by atoms with van der Waals surface area (Å²) >= 11 is 11.7. The number of halogens is 2. The van der Waals surface area contributed by atoms with Crippen LogP contribution >= 0.6 is 23.2 Å². The zero-order valence-electron chi connectivity index (χ0n) is 12.2. The number of rotatable bonds is 4. The van der Waals surface area contributed by atoms with Crippen LogP contribution in [0.1, 0.15) is 17.3 Å². The Bertz CT molecular complexity index is 731. The lowest BCUT2D eigenvalue weighted by Crippen LogP contribution is -2.31. The van der Waals surface area contributed by atoms with Gasteiger partial charge in [-0.3, -0.25) is 4.79 Å². The molecular formula is C16H14Cl2N2O3. The van der Waals surface area contributed by atoms with Crippen LogP contribution in [-0.2, 0) is 4.79 Å². The summed E-state index contributed by atoms with van der Waals surface area (Å²) in [6.07, 6.45) is 0. The standard InChI is InChI=1S/C16H14Cl2N2O3/c1-9(19)16(22)23-14-7-4-11(18)8-13(14)15(21)20-12-5-2-10(17)3-6-12/h2-9H,19H2,1H3,(H,20,21)/t9-/m1/s1. The van der Waals surface area contributed by atoms with E-state index in [4.69, 9.17) is 33.7 Å². The number of nitrogens with one attached hydrogen (secondary N) is 1. The molecule has 0 bridgehead atoms. The van der Waals surface area contributed by atoms with Crippen molar-refractivity contribution in [3.05, 3.63) is 58.1 Å². The molecule has 23 heavy (non-hydrogen) atoms. The second-order valence-corrected chi connectivity index (χ2v) is 5.68. The van der Waals surface area contributed by atoms with E-state index in [0.717, 1.165) is 0 Å². The van der Waals surface area contributed by atoms with Crippen molar-refractivity contribution in [1.82, 2.24) is 0 Å². The van der Waals surface area contributed by atoms with E-state index in [0.29, 0.717) is 15.7 Å². The van der Waals surface area contributed by atoms with Crippen LogP contribution in [0.4, 0.5) is 5.69 Å². The van der Waals surface area contributed by atoms with E-state index in [9.17, 15) is 9.59 Å². The fourth-order valence-electron chi connectivity index (χ4n) is 1.70. The quantitative estimate of drug-likeness (QED) is 0.651. The monoisotopic (exact) mass is 352 g/mol. The summed E-state index contributed by atoms with van der Waals surface area (Å²) in [5, 5.41) is 3.57. The van der Waals surface area contributed by atoms with Gasteiger partial charge >= 0.3 is 5.97 Å². The molecule has 0 aliphatic rings. The minimum Gasteiger partial charge on any atom is -0.425 e. The molecule has 5 nitrogen and oxygen atoms in total. The van der Waals surface area contributed by atoms with Gasteiger partial charge in [-0.05, 0) is 49.4 Å². The summed E-state index contributed by atoms with van der Waals surface area (Å²) in [5.41, 5.74) is 6.14. The van der Waals surface area contributed by atoms with Gasteiger partial charge in [0.25, 0.3) is 5.91 Å². The molecule has 0 aliphatic carbocycles. The van der Waals surface area contributed by atoms with Gasteiger partial charge in [-0.2, -0.15) is 0 Å². The van der Waals surface area contributed by atoms with Gasteiger partial charge in [-0.25, -0.2) is 4.79 Å². The van der Waals surface area contributed by atoms with Crippen molar-refractivity contribution in [2.45, 2.75) is 13.0 Å². The van der Waals surface area contributed by atoms with E-state index >= 15 is 0 Å². The van der Waals surface area contributed by atoms with Crippen LogP contribution in [0.2, 0.25) is 10.0 Å². The molecule has 0 spiro atoms. The molecule has 0 saturated heterocycles. The first-order valence-electron chi connectivity index (χ1n) is 6.70. The molecular weight excluding hydrogens is 339 g/mol. The Hall–Kier alpha value is -2.08. The molecule has 0 radical (unpaired) electrons. The van der Waals surface area contributed by atoms with Crippen molar-refractivity contribution in [3.8, 4) is 5.75 Å². The number of hydrogen-bond acceptors (Lipinski definition) is 4. The molecule has 0 fully saturated rings. The predicted molar refractivity (Wildman–Crippen MR) is 90.1 cm³/mol. The maximum absolute atomic E-state index is 12.4. The third-order valence-corrected chi connectivity index (χ3v) is 3.36. The first kappa shape index (κ1) is 17.3. The number of hydrogen-bond donors (Lipinski definition) is 2. The minimum absolute atomic E-state index is 0.0863. The SMILES string of the molecule is C[C@@H](N)C(=O)Oc1ccc(Cl)cc1C(=O)Nc1ccc(Cl)cc1. The van der Waals surface area contributed by atoms with Gasteiger partial charge < -0.3 is 15.8 Å². The Kier molecular flexibility index (Phi) is 5.60. The molecule has 1 amide bonds. The third-order valence-electron chi connectivity index (χ3n) is 2.87. The minimum atomic E-state index is -0.808. The second-order valence-electron chi connectivity index (χ2n) is 4.81. The Morgan fingerprint density at radius 1 is 1.09 bits per heavy atom. The van der Waals surface area contributed by atoms with Gasteiger partial charge in [0.15, 0.2) is 0 Å². The first-order valence-corrected chi connectivity index (χ1v) is 7.46. The summed E-state index contributed by atoms with van der Waals surface area (Å²) in [4.78, 5) is 24.0. The fourth-order valence-corrected chi connectivity index (χ4v) is 2.00. The van der Waals surface area contributed by atoms with Crippen molar-refractivity contribution < 1.29 is 14.3 Å². The Labute approximate surface area is 143 Å². The van der Waals surface area contributed by atoms with Crippen LogP contribution in [0.3, 0.4) is 0 Å². The van der Waals surface area contributed by atoms with E-state index in [1.165, 1.54) is 25.1 Å². The molecule has 0 aliphatic heterocycles. The average molecular weight is 353 g/mol. The zero-order valence-corrected chi connectivity index (χ0v) is 13.7. The molecule has 120 valence electrons. The topological polar surface area (TPSA) is 81.4 Å². The van der Waals surface area contributed by atoms with Crippen LogP contribution < -0.4 is 15.8 Å². The summed E-state index contributed by atoms with van der Waals surface area (Å²) < 4.78 is 5.14. The molecule has 2 rings (SSSR count). The average Bonchev–Trinajstić information content (AvgIpc) is 2.51. The van der Waals surface area contributed by atoms with Crippen molar-refractivity contribution in [2.24, 2.45) is 5.73 Å². The van der Waals surface area contributed by atoms with E-state index < -0.39 is 17.9 Å². The number of esters is 1. The maximum Gasteiger partial charge on any atom is 0.328 e. The summed E-state index contributed by atoms with van der Waals surface area (Å²) in [6, 6.07) is 10.2. The van der Waals surface area contributed by atoms with Crippen LogP contribution in [0.15, 0.2) is 42.5 Å². The van der Waals surface area contributed by atoms with E-state index in [1.807, 2.05) is 0 Å². The van der Waals surface area contributed by atoms with Crippen molar-refractivity contribution in [2.75, 3.05) is 5.32 Å². The van der Waals surface area contributed by atoms with Gasteiger partial charge in [-0.1, -0.05) is 23.2 Å². The molecule has 0 unspecified atom stereocenters. The van der Waals surface area contributed by atoms with Gasteiger partial charge in [-0.15, -0.1) is 0 Å². The van der Waals surface area contributed by atoms with Crippen molar-refractivity contribution in [1.29, 1.82) is 0 Å². The molecule has 0 heterocycles. The highest BCUT2D eigenvalue weighted by atomic mass is 35.5. The highest BCUT2D eigenvalue weighted by Crippen LogP contribution is 2.25. The number of carbonyl (C=O) groups excluding carboxylic acids is 2. The molecule has 1 atom stereocenters. The predicted octanol–water partition coefficient (Wildman–Crippen LogP) is 3.50. The maximum atomic E-state index is 12.4. The number of amides is 1. The lowest BCUT2D eigenvalue weighted by molar-refractivity contribution is -0.135. The number of nitrogens with two attached hydrogens (primary N) is 1. The number of ether oxygens (including phenoxy) is 1. The van der Waals surface area contributed by atoms with Crippen LogP contribution in [0, 0.1) is 0 Å². The van der Waals surface area contributed by atoms with E-state index in [2.05, 4.69) is 5.32 Å². The fraction of sp³-hybridized carbons (Fsp3) is 0.125. The van der Waals surface area contributed by atoms with Crippen LogP contribution in [-0.4, -0.2) is 17.9 Å². The zero-order chi connectivity index (χ0) is 17.0. The first-order chi connectivity index (χ1) is 10.9. The molecule has 3 N–H and O–H groups in total. The van der Waals surface area contributed by atoms with Gasteiger partial charge in [0.2, 0.25) is 0 Å².